The molecule has 0 saturated carbocycles. The number of pyridine rings is 1. The Morgan fingerprint density at radius 1 is 1.12 bits per heavy atom. The molecule has 1 fully saturated rings. The number of ether oxygens (including phenoxy) is 1. The topological polar surface area (TPSA) is 28.6 Å². The van der Waals surface area contributed by atoms with Gasteiger partial charge in [0.2, 0.25) is 0 Å². The van der Waals surface area contributed by atoms with Crippen molar-refractivity contribution < 1.29 is 4.74 Å². The second-order valence-corrected chi connectivity index (χ2v) is 7.70. The van der Waals surface area contributed by atoms with Gasteiger partial charge in [0.25, 0.3) is 0 Å². The summed E-state index contributed by atoms with van der Waals surface area (Å²) in [5, 5.41) is 0. The van der Waals surface area contributed by atoms with E-state index in [1.165, 1.54) is 16.7 Å². The van der Waals surface area contributed by atoms with Crippen molar-refractivity contribution in [2.75, 3.05) is 26.7 Å². The molecule has 2 aromatic rings. The second kappa shape index (κ2) is 6.77. The molecule has 4 rings (SSSR count). The Labute approximate surface area is 150 Å². The summed E-state index contributed by atoms with van der Waals surface area (Å²) in [7, 11) is 2.20. The zero-order valence-electron chi connectivity index (χ0n) is 15.2. The van der Waals surface area contributed by atoms with Crippen molar-refractivity contribution in [1.29, 1.82) is 0 Å². The number of aromatic nitrogens is 1. The molecule has 0 radical (unpaired) electrons. The van der Waals surface area contributed by atoms with E-state index in [9.17, 15) is 0 Å². The third-order valence-electron chi connectivity index (χ3n) is 5.50. The first-order valence-electron chi connectivity index (χ1n) is 9.20. The number of piperidine rings is 1. The van der Waals surface area contributed by atoms with Gasteiger partial charge in [0.15, 0.2) is 0 Å². The maximum atomic E-state index is 6.68. The summed E-state index contributed by atoms with van der Waals surface area (Å²) in [4.78, 5) is 9.10. The Kier molecular flexibility index (Phi) is 4.48. The lowest BCUT2D eigenvalue weighted by Crippen LogP contribution is -2.52. The highest BCUT2D eigenvalue weighted by Gasteiger charge is 2.40. The fourth-order valence-corrected chi connectivity index (χ4v) is 4.05. The predicted molar refractivity (Wildman–Crippen MR) is 99.6 cm³/mol. The normalized spacial score (nSPS) is 20.7. The Bertz CT molecular complexity index is 723. The van der Waals surface area contributed by atoms with Crippen LogP contribution in [0.1, 0.15) is 29.5 Å². The van der Waals surface area contributed by atoms with E-state index in [1.54, 1.807) is 0 Å². The summed E-state index contributed by atoms with van der Waals surface area (Å²) >= 11 is 0. The van der Waals surface area contributed by atoms with Crippen LogP contribution in [0.2, 0.25) is 0 Å². The van der Waals surface area contributed by atoms with Crippen LogP contribution >= 0.6 is 0 Å². The van der Waals surface area contributed by atoms with Crippen molar-refractivity contribution in [3.05, 3.63) is 59.4 Å². The molecule has 0 aliphatic carbocycles. The fourth-order valence-electron chi connectivity index (χ4n) is 4.05. The SMILES string of the molecule is Cc1ccc2c(c1)CN(Cc1ccncc1)CC1(CCN(C)CC1)O2. The van der Waals surface area contributed by atoms with Crippen molar-refractivity contribution in [1.82, 2.24) is 14.8 Å². The molecule has 0 N–H and O–H groups in total. The lowest BCUT2D eigenvalue weighted by molar-refractivity contribution is -0.0146. The van der Waals surface area contributed by atoms with Gasteiger partial charge in [-0.05, 0) is 37.7 Å². The molecule has 1 saturated heterocycles. The van der Waals surface area contributed by atoms with E-state index in [1.807, 2.05) is 12.4 Å². The maximum absolute atomic E-state index is 6.68. The first-order valence-corrected chi connectivity index (χ1v) is 9.20. The van der Waals surface area contributed by atoms with Crippen LogP contribution in [0.5, 0.6) is 5.75 Å². The van der Waals surface area contributed by atoms with Gasteiger partial charge in [0, 0.05) is 63.5 Å². The molecule has 2 aliphatic rings. The lowest BCUT2D eigenvalue weighted by atomic mass is 9.90. The van der Waals surface area contributed by atoms with E-state index in [4.69, 9.17) is 4.74 Å². The molecule has 132 valence electrons. The Morgan fingerprint density at radius 2 is 1.88 bits per heavy atom. The van der Waals surface area contributed by atoms with Gasteiger partial charge in [-0.25, -0.2) is 0 Å². The van der Waals surface area contributed by atoms with Gasteiger partial charge in [-0.1, -0.05) is 17.7 Å². The van der Waals surface area contributed by atoms with Crippen LogP contribution < -0.4 is 4.74 Å². The van der Waals surface area contributed by atoms with Crippen LogP contribution in [0.15, 0.2) is 42.7 Å². The summed E-state index contributed by atoms with van der Waals surface area (Å²) in [6.45, 7) is 7.23. The quantitative estimate of drug-likeness (QED) is 0.841. The number of hydrogen-bond acceptors (Lipinski definition) is 4. The van der Waals surface area contributed by atoms with Gasteiger partial charge in [0.05, 0.1) is 0 Å². The monoisotopic (exact) mass is 337 g/mol. The molecule has 25 heavy (non-hydrogen) atoms. The van der Waals surface area contributed by atoms with Crippen molar-refractivity contribution in [2.45, 2.75) is 38.5 Å². The minimum Gasteiger partial charge on any atom is -0.486 e. The number of aryl methyl sites for hydroxylation is 1. The van der Waals surface area contributed by atoms with Crippen molar-refractivity contribution in [2.24, 2.45) is 0 Å². The molecular formula is C21H27N3O. The molecule has 3 heterocycles. The molecule has 4 heteroatoms. The van der Waals surface area contributed by atoms with Gasteiger partial charge in [-0.15, -0.1) is 0 Å². The maximum Gasteiger partial charge on any atom is 0.124 e. The summed E-state index contributed by atoms with van der Waals surface area (Å²) < 4.78 is 6.68. The van der Waals surface area contributed by atoms with E-state index < -0.39 is 0 Å². The van der Waals surface area contributed by atoms with E-state index in [0.29, 0.717) is 0 Å². The molecule has 1 aromatic heterocycles. The summed E-state index contributed by atoms with van der Waals surface area (Å²) in [5.41, 5.74) is 3.85. The minimum absolute atomic E-state index is 0.0694. The molecule has 4 nitrogen and oxygen atoms in total. The van der Waals surface area contributed by atoms with Crippen LogP contribution in [0.4, 0.5) is 0 Å². The van der Waals surface area contributed by atoms with E-state index in [2.05, 4.69) is 59.1 Å². The second-order valence-electron chi connectivity index (χ2n) is 7.70. The molecule has 0 bridgehead atoms. The minimum atomic E-state index is -0.0694. The van der Waals surface area contributed by atoms with E-state index >= 15 is 0 Å². The van der Waals surface area contributed by atoms with Crippen LogP contribution in [-0.2, 0) is 13.1 Å². The zero-order chi connectivity index (χ0) is 17.3. The van der Waals surface area contributed by atoms with Gasteiger partial charge in [0.1, 0.15) is 11.4 Å². The van der Waals surface area contributed by atoms with E-state index in [-0.39, 0.29) is 5.60 Å². The van der Waals surface area contributed by atoms with Gasteiger partial charge >= 0.3 is 0 Å². The highest BCUT2D eigenvalue weighted by Crippen LogP contribution is 2.36. The summed E-state index contributed by atoms with van der Waals surface area (Å²) in [6.07, 6.45) is 5.94. The molecule has 0 atom stereocenters. The van der Waals surface area contributed by atoms with Crippen LogP contribution in [0.25, 0.3) is 0 Å². The largest absolute Gasteiger partial charge is 0.486 e. The Hall–Kier alpha value is -1.91. The third kappa shape index (κ3) is 3.70. The van der Waals surface area contributed by atoms with Crippen LogP contribution in [-0.4, -0.2) is 47.1 Å². The molecule has 2 aliphatic heterocycles. The fraction of sp³-hybridized carbons (Fsp3) is 0.476. The number of fused-ring (bicyclic) bond motifs is 1. The molecule has 1 aromatic carbocycles. The lowest BCUT2D eigenvalue weighted by Gasteiger charge is -2.42. The Balaban J connectivity index is 1.64. The van der Waals surface area contributed by atoms with Crippen LogP contribution in [0.3, 0.4) is 0 Å². The van der Waals surface area contributed by atoms with Gasteiger partial charge in [-0.3, -0.25) is 9.88 Å². The summed E-state index contributed by atoms with van der Waals surface area (Å²) in [5.74, 6) is 1.08. The first-order chi connectivity index (χ1) is 12.1. The smallest absolute Gasteiger partial charge is 0.124 e. The number of likely N-dealkylation sites (tertiary alicyclic amines) is 1. The average Bonchev–Trinajstić information content (AvgIpc) is 2.75. The summed E-state index contributed by atoms with van der Waals surface area (Å²) in [6, 6.07) is 10.8. The number of benzene rings is 1. The molecule has 0 amide bonds. The van der Waals surface area contributed by atoms with Crippen molar-refractivity contribution in [3.63, 3.8) is 0 Å². The molecule has 1 spiro atoms. The highest BCUT2D eigenvalue weighted by molar-refractivity contribution is 5.38. The number of rotatable bonds is 2. The van der Waals surface area contributed by atoms with E-state index in [0.717, 1.165) is 51.3 Å². The predicted octanol–water partition coefficient (Wildman–Crippen LogP) is 3.25. The molecular weight excluding hydrogens is 310 g/mol. The zero-order valence-corrected chi connectivity index (χ0v) is 15.2. The average molecular weight is 337 g/mol. The van der Waals surface area contributed by atoms with Crippen molar-refractivity contribution in [3.8, 4) is 5.75 Å². The molecule has 0 unspecified atom stereocenters. The van der Waals surface area contributed by atoms with Crippen molar-refractivity contribution >= 4 is 0 Å². The standard InChI is InChI=1S/C21H27N3O/c1-17-3-4-20-19(13-17)15-24(14-18-5-9-22-10-6-18)16-21(25-20)7-11-23(2)12-8-21/h3-6,9-10,13H,7-8,11-12,14-16H2,1-2H3. The number of nitrogens with zero attached hydrogens (tertiary/aromatic N) is 3. The van der Waals surface area contributed by atoms with Gasteiger partial charge < -0.3 is 9.64 Å². The third-order valence-corrected chi connectivity index (χ3v) is 5.50. The Morgan fingerprint density at radius 3 is 2.64 bits per heavy atom. The highest BCUT2D eigenvalue weighted by atomic mass is 16.5. The van der Waals surface area contributed by atoms with Gasteiger partial charge in [-0.2, -0.15) is 0 Å². The first kappa shape index (κ1) is 16.6. The van der Waals surface area contributed by atoms with Crippen LogP contribution in [0, 0.1) is 6.92 Å². The number of hydrogen-bond donors (Lipinski definition) is 0.